The van der Waals surface area contributed by atoms with E-state index in [1.807, 2.05) is 24.4 Å². The Hall–Kier alpha value is -0.910. The fraction of sp³-hybridized carbons (Fsp3) is 0.688. The van der Waals surface area contributed by atoms with Gasteiger partial charge < -0.3 is 15.4 Å². The van der Waals surface area contributed by atoms with Crippen molar-refractivity contribution in [3.63, 3.8) is 0 Å². The van der Waals surface area contributed by atoms with Gasteiger partial charge in [0.1, 0.15) is 0 Å². The quantitative estimate of drug-likeness (QED) is 0.879. The lowest BCUT2D eigenvalue weighted by atomic mass is 9.94. The fourth-order valence-corrected chi connectivity index (χ4v) is 3.58. The van der Waals surface area contributed by atoms with Crippen LogP contribution in [0, 0.1) is 0 Å². The van der Waals surface area contributed by atoms with Crippen molar-refractivity contribution in [1.29, 1.82) is 0 Å². The molecular weight excluding hydrogens is 284 g/mol. The van der Waals surface area contributed by atoms with E-state index in [-0.39, 0.29) is 29.2 Å². The van der Waals surface area contributed by atoms with Crippen LogP contribution in [0.15, 0.2) is 17.5 Å². The molecular formula is C16H26N2O2S. The van der Waals surface area contributed by atoms with Crippen molar-refractivity contribution in [2.75, 3.05) is 0 Å². The number of carbonyl (C=O) groups is 1. The van der Waals surface area contributed by atoms with E-state index in [0.717, 1.165) is 6.42 Å². The van der Waals surface area contributed by atoms with E-state index >= 15 is 0 Å². The molecule has 1 saturated heterocycles. The Bertz CT molecular complexity index is 482. The molecule has 1 fully saturated rings. The summed E-state index contributed by atoms with van der Waals surface area (Å²) in [4.78, 5) is 13.4. The van der Waals surface area contributed by atoms with E-state index < -0.39 is 0 Å². The fourth-order valence-electron chi connectivity index (χ4n) is 2.94. The van der Waals surface area contributed by atoms with Gasteiger partial charge in [0, 0.05) is 10.9 Å². The van der Waals surface area contributed by atoms with Gasteiger partial charge in [-0.15, -0.1) is 11.3 Å². The van der Waals surface area contributed by atoms with E-state index in [1.165, 1.54) is 4.88 Å². The van der Waals surface area contributed by atoms with Gasteiger partial charge in [-0.05, 0) is 52.5 Å². The number of hydrogen-bond donors (Lipinski definition) is 2. The van der Waals surface area contributed by atoms with Crippen molar-refractivity contribution in [2.45, 2.75) is 70.9 Å². The molecule has 1 aliphatic rings. The van der Waals surface area contributed by atoms with Crippen LogP contribution < -0.4 is 10.6 Å². The zero-order valence-corrected chi connectivity index (χ0v) is 14.3. The van der Waals surface area contributed by atoms with Crippen molar-refractivity contribution in [3.8, 4) is 0 Å². The van der Waals surface area contributed by atoms with Gasteiger partial charge in [0.25, 0.3) is 0 Å². The normalized spacial score (nSPS) is 24.7. The minimum Gasteiger partial charge on any atom is -0.368 e. The van der Waals surface area contributed by atoms with E-state index in [4.69, 9.17) is 4.74 Å². The highest BCUT2D eigenvalue weighted by Crippen LogP contribution is 2.37. The second kappa shape index (κ2) is 6.07. The Morgan fingerprint density at radius 3 is 2.71 bits per heavy atom. The number of nitrogens with one attached hydrogen (secondary N) is 2. The third-order valence-electron chi connectivity index (χ3n) is 3.94. The van der Waals surface area contributed by atoms with Gasteiger partial charge in [-0.1, -0.05) is 6.07 Å². The molecule has 0 aromatic carbocycles. The van der Waals surface area contributed by atoms with Gasteiger partial charge in [-0.25, -0.2) is 0 Å². The Morgan fingerprint density at radius 1 is 1.48 bits per heavy atom. The second-order valence-electron chi connectivity index (χ2n) is 6.91. The van der Waals surface area contributed by atoms with Gasteiger partial charge in [0.05, 0.1) is 23.8 Å². The minimum absolute atomic E-state index is 0.0314. The Balaban J connectivity index is 1.86. The maximum atomic E-state index is 12.2. The molecule has 118 valence electrons. The van der Waals surface area contributed by atoms with Crippen LogP contribution in [0.4, 0.5) is 0 Å². The van der Waals surface area contributed by atoms with Crippen LogP contribution in [-0.4, -0.2) is 29.2 Å². The summed E-state index contributed by atoms with van der Waals surface area (Å²) in [5.41, 5.74) is -0.403. The standard InChI is InChI=1S/C16H26N2O2S/c1-11(14(19)17-10-12-7-6-8-21-12)18-13-9-15(2,3)20-16(13,4)5/h6-8,11,13,18H,9-10H2,1-5H3,(H,17,19). The Labute approximate surface area is 131 Å². The molecule has 0 aliphatic carbocycles. The van der Waals surface area contributed by atoms with Crippen molar-refractivity contribution in [2.24, 2.45) is 0 Å². The summed E-state index contributed by atoms with van der Waals surface area (Å²) in [6.07, 6.45) is 0.905. The van der Waals surface area contributed by atoms with Crippen LogP contribution in [0.3, 0.4) is 0 Å². The first-order valence-corrected chi connectivity index (χ1v) is 8.34. The second-order valence-corrected chi connectivity index (χ2v) is 7.94. The van der Waals surface area contributed by atoms with Crippen LogP contribution in [0.2, 0.25) is 0 Å². The molecule has 0 bridgehead atoms. The molecule has 4 nitrogen and oxygen atoms in total. The SMILES string of the molecule is CC(NC1CC(C)(C)OC1(C)C)C(=O)NCc1cccs1. The molecule has 0 radical (unpaired) electrons. The van der Waals surface area contributed by atoms with Crippen molar-refractivity contribution in [1.82, 2.24) is 10.6 Å². The monoisotopic (exact) mass is 310 g/mol. The van der Waals surface area contributed by atoms with E-state index in [1.54, 1.807) is 11.3 Å². The van der Waals surface area contributed by atoms with Gasteiger partial charge in [0.2, 0.25) is 5.91 Å². The van der Waals surface area contributed by atoms with Gasteiger partial charge in [-0.3, -0.25) is 4.79 Å². The maximum absolute atomic E-state index is 12.2. The average molecular weight is 310 g/mol. The summed E-state index contributed by atoms with van der Waals surface area (Å²) < 4.78 is 6.06. The molecule has 5 heteroatoms. The first kappa shape index (κ1) is 16.5. The average Bonchev–Trinajstić information content (AvgIpc) is 2.92. The molecule has 0 saturated carbocycles. The summed E-state index contributed by atoms with van der Waals surface area (Å²) >= 11 is 1.65. The number of rotatable bonds is 5. The predicted octanol–water partition coefficient (Wildman–Crippen LogP) is 2.69. The first-order valence-electron chi connectivity index (χ1n) is 7.46. The lowest BCUT2D eigenvalue weighted by Crippen LogP contribution is -2.52. The molecule has 2 unspecified atom stereocenters. The highest BCUT2D eigenvalue weighted by Gasteiger charge is 2.46. The van der Waals surface area contributed by atoms with Crippen molar-refractivity contribution in [3.05, 3.63) is 22.4 Å². The Kier molecular flexibility index (Phi) is 4.76. The van der Waals surface area contributed by atoms with Crippen molar-refractivity contribution >= 4 is 17.2 Å². The minimum atomic E-state index is -0.258. The third kappa shape index (κ3) is 4.28. The molecule has 2 heterocycles. The topological polar surface area (TPSA) is 50.4 Å². The third-order valence-corrected chi connectivity index (χ3v) is 4.81. The Morgan fingerprint density at radius 2 is 2.19 bits per heavy atom. The van der Waals surface area contributed by atoms with E-state index in [0.29, 0.717) is 6.54 Å². The molecule has 2 rings (SSSR count). The molecule has 1 aromatic rings. The molecule has 2 N–H and O–H groups in total. The molecule has 0 spiro atoms. The highest BCUT2D eigenvalue weighted by atomic mass is 32.1. The van der Waals surface area contributed by atoms with E-state index in [2.05, 4.69) is 38.3 Å². The van der Waals surface area contributed by atoms with Crippen LogP contribution >= 0.6 is 11.3 Å². The summed E-state index contributed by atoms with van der Waals surface area (Å²) in [5, 5.41) is 8.41. The molecule has 1 aliphatic heterocycles. The zero-order chi connectivity index (χ0) is 15.7. The maximum Gasteiger partial charge on any atom is 0.237 e. The lowest BCUT2D eigenvalue weighted by molar-refractivity contribution is -0.123. The summed E-state index contributed by atoms with van der Waals surface area (Å²) in [5.74, 6) is 0.0314. The van der Waals surface area contributed by atoms with Gasteiger partial charge >= 0.3 is 0 Å². The number of amides is 1. The predicted molar refractivity (Wildman–Crippen MR) is 86.4 cm³/mol. The number of ether oxygens (including phenoxy) is 1. The van der Waals surface area contributed by atoms with Crippen LogP contribution in [0.5, 0.6) is 0 Å². The molecule has 1 aromatic heterocycles. The van der Waals surface area contributed by atoms with Crippen LogP contribution in [0.1, 0.15) is 45.9 Å². The summed E-state index contributed by atoms with van der Waals surface area (Å²) in [7, 11) is 0. The number of thiophene rings is 1. The summed E-state index contributed by atoms with van der Waals surface area (Å²) in [6.45, 7) is 10.9. The zero-order valence-electron chi connectivity index (χ0n) is 13.5. The number of hydrogen-bond acceptors (Lipinski definition) is 4. The van der Waals surface area contributed by atoms with Gasteiger partial charge in [-0.2, -0.15) is 0 Å². The lowest BCUT2D eigenvalue weighted by Gasteiger charge is -2.29. The van der Waals surface area contributed by atoms with E-state index in [9.17, 15) is 4.79 Å². The van der Waals surface area contributed by atoms with Crippen LogP contribution in [0.25, 0.3) is 0 Å². The molecule has 1 amide bonds. The van der Waals surface area contributed by atoms with Crippen LogP contribution in [-0.2, 0) is 16.1 Å². The molecule has 2 atom stereocenters. The summed E-state index contributed by atoms with van der Waals surface area (Å²) in [6, 6.07) is 3.97. The van der Waals surface area contributed by atoms with Gasteiger partial charge in [0.15, 0.2) is 0 Å². The smallest absolute Gasteiger partial charge is 0.237 e. The van der Waals surface area contributed by atoms with Crippen molar-refractivity contribution < 1.29 is 9.53 Å². The largest absolute Gasteiger partial charge is 0.368 e. The first-order chi connectivity index (χ1) is 9.70. The number of carbonyl (C=O) groups excluding carboxylic acids is 1. The highest BCUT2D eigenvalue weighted by molar-refractivity contribution is 7.09. The molecule has 21 heavy (non-hydrogen) atoms.